The number of carbonyl (C=O) groups excluding carboxylic acids is 1. The standard InChI is InChI=1S/C17H12F2N2OS2/c18-12-3-6-15(19)16(7-12)21-17(22)11-1-4-14(5-2-11)24-9-13-8-23-10-20-13/h1-8,10H,9H2,(H,21,22). The van der Waals surface area contributed by atoms with Crippen molar-refractivity contribution in [2.24, 2.45) is 0 Å². The number of aromatic nitrogens is 1. The maximum Gasteiger partial charge on any atom is 0.255 e. The van der Waals surface area contributed by atoms with E-state index in [-0.39, 0.29) is 5.69 Å². The van der Waals surface area contributed by atoms with Crippen molar-refractivity contribution in [3.8, 4) is 0 Å². The van der Waals surface area contributed by atoms with Crippen LogP contribution in [0.15, 0.2) is 58.3 Å². The maximum atomic E-state index is 13.6. The summed E-state index contributed by atoms with van der Waals surface area (Å²) < 4.78 is 26.7. The van der Waals surface area contributed by atoms with Gasteiger partial charge in [-0.05, 0) is 36.4 Å². The van der Waals surface area contributed by atoms with Gasteiger partial charge < -0.3 is 5.32 Å². The van der Waals surface area contributed by atoms with Crippen molar-refractivity contribution >= 4 is 34.7 Å². The Labute approximate surface area is 145 Å². The summed E-state index contributed by atoms with van der Waals surface area (Å²) >= 11 is 3.16. The van der Waals surface area contributed by atoms with Gasteiger partial charge in [-0.2, -0.15) is 0 Å². The second-order valence-corrected chi connectivity index (χ2v) is 6.64. The molecule has 0 aliphatic heterocycles. The van der Waals surface area contributed by atoms with Gasteiger partial charge in [0.2, 0.25) is 0 Å². The van der Waals surface area contributed by atoms with E-state index < -0.39 is 17.5 Å². The van der Waals surface area contributed by atoms with E-state index in [1.807, 2.05) is 17.5 Å². The zero-order valence-corrected chi connectivity index (χ0v) is 14.0. The molecular weight excluding hydrogens is 350 g/mol. The monoisotopic (exact) mass is 362 g/mol. The average molecular weight is 362 g/mol. The van der Waals surface area contributed by atoms with E-state index in [2.05, 4.69) is 10.3 Å². The third-order valence-electron chi connectivity index (χ3n) is 3.16. The van der Waals surface area contributed by atoms with E-state index in [1.54, 1.807) is 40.7 Å². The fraction of sp³-hybridized carbons (Fsp3) is 0.0588. The van der Waals surface area contributed by atoms with Crippen LogP contribution >= 0.6 is 23.1 Å². The largest absolute Gasteiger partial charge is 0.319 e. The summed E-state index contributed by atoms with van der Waals surface area (Å²) in [5.74, 6) is -1.03. The van der Waals surface area contributed by atoms with Crippen LogP contribution < -0.4 is 5.32 Å². The predicted octanol–water partition coefficient (Wildman–Crippen LogP) is 4.97. The number of amides is 1. The smallest absolute Gasteiger partial charge is 0.255 e. The molecule has 122 valence electrons. The number of nitrogens with zero attached hydrogens (tertiary/aromatic N) is 1. The molecule has 0 bridgehead atoms. The van der Waals surface area contributed by atoms with E-state index in [9.17, 15) is 13.6 Å². The molecule has 1 aromatic heterocycles. The van der Waals surface area contributed by atoms with Crippen LogP contribution in [0.4, 0.5) is 14.5 Å². The third kappa shape index (κ3) is 4.18. The SMILES string of the molecule is O=C(Nc1cc(F)ccc1F)c1ccc(SCc2cscn2)cc1. The molecule has 0 fully saturated rings. The molecule has 0 aliphatic carbocycles. The van der Waals surface area contributed by atoms with Crippen molar-refractivity contribution in [2.45, 2.75) is 10.6 Å². The number of thiazole rings is 1. The minimum atomic E-state index is -0.680. The number of halogens is 2. The molecule has 1 N–H and O–H groups in total. The van der Waals surface area contributed by atoms with Gasteiger partial charge >= 0.3 is 0 Å². The van der Waals surface area contributed by atoms with Crippen molar-refractivity contribution in [3.05, 3.63) is 76.2 Å². The number of anilines is 1. The lowest BCUT2D eigenvalue weighted by Gasteiger charge is -2.07. The van der Waals surface area contributed by atoms with Crippen LogP contribution in [0, 0.1) is 11.6 Å². The average Bonchev–Trinajstić information content (AvgIpc) is 3.10. The van der Waals surface area contributed by atoms with E-state index in [0.717, 1.165) is 34.5 Å². The highest BCUT2D eigenvalue weighted by Gasteiger charge is 2.10. The first-order chi connectivity index (χ1) is 11.6. The fourth-order valence-corrected chi connectivity index (χ4v) is 3.42. The number of hydrogen-bond acceptors (Lipinski definition) is 4. The van der Waals surface area contributed by atoms with Crippen LogP contribution in [0.5, 0.6) is 0 Å². The van der Waals surface area contributed by atoms with Gasteiger partial charge in [0.1, 0.15) is 11.6 Å². The van der Waals surface area contributed by atoms with Crippen LogP contribution in [0.3, 0.4) is 0 Å². The van der Waals surface area contributed by atoms with Crippen LogP contribution in [-0.2, 0) is 5.75 Å². The Morgan fingerprint density at radius 1 is 1.17 bits per heavy atom. The molecule has 0 unspecified atom stereocenters. The van der Waals surface area contributed by atoms with Gasteiger partial charge in [0.25, 0.3) is 5.91 Å². The lowest BCUT2D eigenvalue weighted by atomic mass is 10.2. The molecule has 3 nitrogen and oxygen atoms in total. The molecule has 0 aliphatic rings. The van der Waals surface area contributed by atoms with E-state index in [0.29, 0.717) is 5.56 Å². The Morgan fingerprint density at radius 3 is 2.67 bits per heavy atom. The number of carbonyl (C=O) groups is 1. The Balaban J connectivity index is 1.64. The molecule has 3 rings (SSSR count). The molecule has 0 saturated heterocycles. The van der Waals surface area contributed by atoms with Crippen molar-refractivity contribution in [1.29, 1.82) is 0 Å². The van der Waals surface area contributed by atoms with Gasteiger partial charge in [0.15, 0.2) is 0 Å². The van der Waals surface area contributed by atoms with Gasteiger partial charge in [-0.15, -0.1) is 23.1 Å². The van der Waals surface area contributed by atoms with Crippen molar-refractivity contribution in [3.63, 3.8) is 0 Å². The lowest BCUT2D eigenvalue weighted by molar-refractivity contribution is 0.102. The van der Waals surface area contributed by atoms with Crippen LogP contribution in [0.25, 0.3) is 0 Å². The van der Waals surface area contributed by atoms with Gasteiger partial charge in [-0.3, -0.25) is 4.79 Å². The first-order valence-electron chi connectivity index (χ1n) is 6.98. The van der Waals surface area contributed by atoms with Crippen molar-refractivity contribution < 1.29 is 13.6 Å². The molecule has 1 amide bonds. The summed E-state index contributed by atoms with van der Waals surface area (Å²) in [5, 5.41) is 4.36. The van der Waals surface area contributed by atoms with Gasteiger partial charge in [-0.25, -0.2) is 13.8 Å². The van der Waals surface area contributed by atoms with E-state index in [1.165, 1.54) is 0 Å². The Morgan fingerprint density at radius 2 is 1.96 bits per heavy atom. The summed E-state index contributed by atoms with van der Waals surface area (Å²) in [6.45, 7) is 0. The second kappa shape index (κ2) is 7.55. The third-order valence-corrected chi connectivity index (χ3v) is 4.84. The van der Waals surface area contributed by atoms with Crippen LogP contribution in [0.2, 0.25) is 0 Å². The lowest BCUT2D eigenvalue weighted by Crippen LogP contribution is -2.13. The molecule has 3 aromatic rings. The van der Waals surface area contributed by atoms with Crippen LogP contribution in [0.1, 0.15) is 16.1 Å². The molecule has 1 heterocycles. The highest BCUT2D eigenvalue weighted by Crippen LogP contribution is 2.23. The van der Waals surface area contributed by atoms with Gasteiger partial charge in [-0.1, -0.05) is 0 Å². The molecule has 7 heteroatoms. The molecule has 0 saturated carbocycles. The molecule has 0 spiro atoms. The summed E-state index contributed by atoms with van der Waals surface area (Å²) in [7, 11) is 0. The first kappa shape index (κ1) is 16.6. The summed E-state index contributed by atoms with van der Waals surface area (Å²) in [4.78, 5) is 17.3. The zero-order valence-electron chi connectivity index (χ0n) is 12.3. The Hall–Kier alpha value is -2.25. The summed E-state index contributed by atoms with van der Waals surface area (Å²) in [5.41, 5.74) is 2.99. The number of hydrogen-bond donors (Lipinski definition) is 1. The van der Waals surface area contributed by atoms with E-state index in [4.69, 9.17) is 0 Å². The number of nitrogens with one attached hydrogen (secondary N) is 1. The van der Waals surface area contributed by atoms with Gasteiger partial charge in [0.05, 0.1) is 16.9 Å². The molecule has 2 aromatic carbocycles. The first-order valence-corrected chi connectivity index (χ1v) is 8.91. The quantitative estimate of drug-likeness (QED) is 0.652. The van der Waals surface area contributed by atoms with Gasteiger partial charge in [0, 0.05) is 27.7 Å². The molecule has 0 radical (unpaired) electrons. The number of benzene rings is 2. The Kier molecular flexibility index (Phi) is 5.22. The van der Waals surface area contributed by atoms with Crippen molar-refractivity contribution in [1.82, 2.24) is 4.98 Å². The number of rotatable bonds is 5. The normalized spacial score (nSPS) is 10.6. The zero-order chi connectivity index (χ0) is 16.9. The topological polar surface area (TPSA) is 42.0 Å². The van der Waals surface area contributed by atoms with Crippen LogP contribution in [-0.4, -0.2) is 10.9 Å². The highest BCUT2D eigenvalue weighted by molar-refractivity contribution is 7.98. The molecular formula is C17H12F2N2OS2. The fourth-order valence-electron chi connectivity index (χ4n) is 1.96. The minimum absolute atomic E-state index is 0.179. The summed E-state index contributed by atoms with van der Waals surface area (Å²) in [6.07, 6.45) is 0. The Bertz CT molecular complexity index is 836. The minimum Gasteiger partial charge on any atom is -0.319 e. The second-order valence-electron chi connectivity index (χ2n) is 4.87. The number of thioether (sulfide) groups is 1. The summed E-state index contributed by atoms with van der Waals surface area (Å²) in [6, 6.07) is 9.85. The molecule has 24 heavy (non-hydrogen) atoms. The van der Waals surface area contributed by atoms with Crippen molar-refractivity contribution in [2.75, 3.05) is 5.32 Å². The maximum absolute atomic E-state index is 13.6. The predicted molar refractivity (Wildman–Crippen MR) is 92.4 cm³/mol. The highest BCUT2D eigenvalue weighted by atomic mass is 32.2. The molecule has 0 atom stereocenters. The van der Waals surface area contributed by atoms with E-state index >= 15 is 0 Å².